The minimum Gasteiger partial charge on any atom is -0.347 e. The molecular weight excluding hydrogens is 478 g/mol. The third-order valence-electron chi connectivity index (χ3n) is 6.33. The molecule has 2 aromatic heterocycles. The Morgan fingerprint density at radius 2 is 1.27 bits per heavy atom. The lowest BCUT2D eigenvalue weighted by molar-refractivity contribution is 0.634. The Morgan fingerprint density at radius 1 is 0.758 bits per heavy atom. The molecule has 0 aliphatic carbocycles. The maximum Gasteiger partial charge on any atom is 0.140 e. The fourth-order valence-electron chi connectivity index (χ4n) is 4.74. The van der Waals surface area contributed by atoms with Gasteiger partial charge in [0.25, 0.3) is 0 Å². The summed E-state index contributed by atoms with van der Waals surface area (Å²) in [5, 5.41) is 3.18. The van der Waals surface area contributed by atoms with E-state index in [2.05, 4.69) is 16.1 Å². The highest BCUT2D eigenvalue weighted by atomic mass is 35.5. The number of fused-ring (bicyclic) bond motifs is 2. The van der Waals surface area contributed by atoms with E-state index >= 15 is 4.39 Å². The lowest BCUT2D eigenvalue weighted by Gasteiger charge is -2.13. The zero-order chi connectivity index (χ0) is 23.4. The first-order valence-electron chi connectivity index (χ1n) is 10.9. The minimum absolute atomic E-state index is 0.362. The Hall–Kier alpha value is -2.46. The van der Waals surface area contributed by atoms with Crippen molar-refractivity contribution < 1.29 is 4.39 Å². The van der Waals surface area contributed by atoms with Crippen molar-refractivity contribution in [3.05, 3.63) is 81.3 Å². The molecule has 0 amide bonds. The topological polar surface area (TPSA) is 9.86 Å². The zero-order valence-corrected chi connectivity index (χ0v) is 20.8. The molecule has 0 bridgehead atoms. The van der Waals surface area contributed by atoms with E-state index in [9.17, 15) is 0 Å². The van der Waals surface area contributed by atoms with Crippen molar-refractivity contribution in [3.8, 4) is 22.3 Å². The summed E-state index contributed by atoms with van der Waals surface area (Å²) in [7, 11) is 0. The summed E-state index contributed by atoms with van der Waals surface area (Å²) in [5.74, 6) is -0.379. The molecule has 5 aromatic rings. The lowest BCUT2D eigenvalue weighted by atomic mass is 9.94. The van der Waals surface area contributed by atoms with Gasteiger partial charge in [-0.3, -0.25) is 0 Å². The van der Waals surface area contributed by atoms with Gasteiger partial charge >= 0.3 is 0 Å². The first-order valence-corrected chi connectivity index (χ1v) is 12.0. The molecule has 0 atom stereocenters. The molecule has 168 valence electrons. The molecule has 0 aliphatic rings. The molecule has 2 heterocycles. The predicted molar refractivity (Wildman–Crippen MR) is 139 cm³/mol. The van der Waals surface area contributed by atoms with Crippen LogP contribution in [-0.4, -0.2) is 9.13 Å². The van der Waals surface area contributed by atoms with Crippen LogP contribution in [0.2, 0.25) is 15.1 Å². The quantitative estimate of drug-likeness (QED) is 0.233. The van der Waals surface area contributed by atoms with Crippen LogP contribution in [0.5, 0.6) is 0 Å². The van der Waals surface area contributed by atoms with Crippen LogP contribution in [0.25, 0.3) is 44.1 Å². The average Bonchev–Trinajstić information content (AvgIpc) is 3.37. The van der Waals surface area contributed by atoms with E-state index in [0.29, 0.717) is 31.8 Å². The van der Waals surface area contributed by atoms with Crippen LogP contribution >= 0.6 is 34.8 Å². The molecule has 0 radical (unpaired) electrons. The van der Waals surface area contributed by atoms with Crippen LogP contribution in [0.4, 0.5) is 4.39 Å². The highest BCUT2D eigenvalue weighted by molar-refractivity contribution is 6.38. The largest absolute Gasteiger partial charge is 0.347 e. The van der Waals surface area contributed by atoms with Gasteiger partial charge < -0.3 is 9.13 Å². The van der Waals surface area contributed by atoms with Crippen molar-refractivity contribution in [2.24, 2.45) is 0 Å². The molecule has 0 fully saturated rings. The number of benzene rings is 3. The summed E-state index contributed by atoms with van der Waals surface area (Å²) < 4.78 is 20.6. The highest BCUT2D eigenvalue weighted by Crippen LogP contribution is 2.45. The van der Waals surface area contributed by atoms with Gasteiger partial charge in [-0.1, -0.05) is 46.9 Å². The fourth-order valence-corrected chi connectivity index (χ4v) is 5.52. The maximum absolute atomic E-state index is 16.4. The van der Waals surface area contributed by atoms with Crippen molar-refractivity contribution in [1.29, 1.82) is 0 Å². The van der Waals surface area contributed by atoms with Gasteiger partial charge in [-0.15, -0.1) is 0 Å². The summed E-state index contributed by atoms with van der Waals surface area (Å²) >= 11 is 20.0. The number of hydrogen-bond acceptors (Lipinski definition) is 0. The molecule has 0 saturated heterocycles. The van der Waals surface area contributed by atoms with Crippen molar-refractivity contribution in [1.82, 2.24) is 9.13 Å². The van der Waals surface area contributed by atoms with Gasteiger partial charge in [-0.25, -0.2) is 4.39 Å². The number of rotatable bonds is 4. The Bertz CT molecular complexity index is 1550. The maximum atomic E-state index is 16.4. The van der Waals surface area contributed by atoms with E-state index < -0.39 is 0 Å². The summed E-state index contributed by atoms with van der Waals surface area (Å²) in [6.07, 6.45) is 3.90. The summed E-state index contributed by atoms with van der Waals surface area (Å²) in [6, 6.07) is 13.3. The number of aromatic nitrogens is 2. The van der Waals surface area contributed by atoms with Crippen LogP contribution in [-0.2, 0) is 13.1 Å². The van der Waals surface area contributed by atoms with Gasteiger partial charge in [0.2, 0.25) is 0 Å². The molecular formula is C27H22Cl3FN2. The average molecular weight is 500 g/mol. The summed E-state index contributed by atoms with van der Waals surface area (Å²) in [5.41, 5.74) is 4.99. The van der Waals surface area contributed by atoms with Crippen LogP contribution in [0.15, 0.2) is 54.9 Å². The Balaban J connectivity index is 1.88. The van der Waals surface area contributed by atoms with E-state index in [0.717, 1.165) is 46.0 Å². The summed E-state index contributed by atoms with van der Waals surface area (Å²) in [4.78, 5) is 0. The predicted octanol–water partition coefficient (Wildman–Crippen LogP) is 9.38. The minimum atomic E-state index is -0.379. The van der Waals surface area contributed by atoms with Crippen molar-refractivity contribution in [2.75, 3.05) is 0 Å². The van der Waals surface area contributed by atoms with E-state index in [-0.39, 0.29) is 5.82 Å². The molecule has 0 spiro atoms. The number of hydrogen-bond donors (Lipinski definition) is 0. The van der Waals surface area contributed by atoms with Gasteiger partial charge in [0, 0.05) is 58.5 Å². The normalized spacial score (nSPS) is 11.7. The van der Waals surface area contributed by atoms with Crippen LogP contribution < -0.4 is 0 Å². The van der Waals surface area contributed by atoms with Gasteiger partial charge in [0.1, 0.15) is 5.82 Å². The van der Waals surface area contributed by atoms with Gasteiger partial charge in [-0.2, -0.15) is 0 Å². The zero-order valence-electron chi connectivity index (χ0n) is 18.5. The molecule has 33 heavy (non-hydrogen) atoms. The first kappa shape index (κ1) is 22.3. The standard InChI is InChI=1S/C27H22Cl3FN2/c1-4-32-13-17(23-19(28)8-6-10-21(23)32)16-12-15(3)26(30)25(27(16)31)18-14-33(5-2)22-11-7-9-20(29)24(18)22/h6-14H,4-5H2,1-3H3. The number of aryl methyl sites for hydroxylation is 3. The van der Waals surface area contributed by atoms with Crippen molar-refractivity contribution >= 4 is 56.6 Å². The Labute approximate surface area is 207 Å². The van der Waals surface area contributed by atoms with Gasteiger partial charge in [0.15, 0.2) is 0 Å². The van der Waals surface area contributed by atoms with Gasteiger partial charge in [-0.05, 0) is 56.7 Å². The smallest absolute Gasteiger partial charge is 0.140 e. The third kappa shape index (κ3) is 3.37. The molecule has 5 rings (SSSR count). The third-order valence-corrected chi connectivity index (χ3v) is 7.45. The molecule has 2 nitrogen and oxygen atoms in total. The van der Waals surface area contributed by atoms with E-state index in [1.54, 1.807) is 6.07 Å². The molecule has 0 N–H and O–H groups in total. The van der Waals surface area contributed by atoms with Crippen LogP contribution in [0, 0.1) is 12.7 Å². The second-order valence-corrected chi connectivity index (χ2v) is 9.36. The molecule has 0 saturated carbocycles. The fraction of sp³-hybridized carbons (Fsp3) is 0.185. The molecule has 6 heteroatoms. The Kier molecular flexibility index (Phi) is 5.68. The number of halogens is 4. The van der Waals surface area contributed by atoms with Gasteiger partial charge in [0.05, 0.1) is 26.1 Å². The van der Waals surface area contributed by atoms with Crippen LogP contribution in [0.1, 0.15) is 19.4 Å². The van der Waals surface area contributed by atoms with Crippen LogP contribution in [0.3, 0.4) is 0 Å². The second kappa shape index (κ2) is 8.39. The van der Waals surface area contributed by atoms with Crippen molar-refractivity contribution in [3.63, 3.8) is 0 Å². The molecule has 3 aromatic carbocycles. The second-order valence-electron chi connectivity index (χ2n) is 8.17. The van der Waals surface area contributed by atoms with Crippen molar-refractivity contribution in [2.45, 2.75) is 33.9 Å². The monoisotopic (exact) mass is 498 g/mol. The first-order chi connectivity index (χ1) is 15.9. The lowest BCUT2D eigenvalue weighted by Crippen LogP contribution is -1.94. The highest BCUT2D eigenvalue weighted by Gasteiger charge is 2.24. The van der Waals surface area contributed by atoms with E-state index in [4.69, 9.17) is 34.8 Å². The summed E-state index contributed by atoms with van der Waals surface area (Å²) in [6.45, 7) is 7.48. The van der Waals surface area contributed by atoms with E-state index in [1.807, 2.05) is 62.6 Å². The Morgan fingerprint density at radius 3 is 1.82 bits per heavy atom. The van der Waals surface area contributed by atoms with E-state index in [1.165, 1.54) is 0 Å². The number of nitrogens with zero attached hydrogens (tertiary/aromatic N) is 2. The SMILES string of the molecule is CCn1cc(-c2cc(C)c(Cl)c(-c3cn(CC)c4cccc(Cl)c34)c2F)c2c(Cl)cccc21. The molecule has 0 aliphatic heterocycles. The molecule has 0 unspecified atom stereocenters.